The zero-order valence-corrected chi connectivity index (χ0v) is 30.1. The zero-order valence-electron chi connectivity index (χ0n) is 28.5. The minimum Gasteiger partial charge on any atom is -0.256 e. The van der Waals surface area contributed by atoms with Crippen molar-refractivity contribution in [3.05, 3.63) is 161 Å². The Morgan fingerprint density at radius 1 is 0.373 bits per heavy atom. The normalized spacial score (nSPS) is 12.1. The number of fused-ring (bicyclic) bond motifs is 8. The Morgan fingerprint density at radius 3 is 1.08 bits per heavy atom. The van der Waals surface area contributed by atoms with E-state index in [0.717, 1.165) is 86.2 Å². The van der Waals surface area contributed by atoms with Crippen molar-refractivity contribution in [1.82, 2.24) is 15.0 Å². The number of thiophene rings is 2. The van der Waals surface area contributed by atoms with Crippen molar-refractivity contribution in [2.24, 2.45) is 0 Å². The third kappa shape index (κ3) is 5.84. The van der Waals surface area contributed by atoms with E-state index in [-0.39, 0.29) is 0 Å². The monoisotopic (exact) mass is 691 g/mol. The molecule has 0 radical (unpaired) electrons. The number of hydrogen-bond donors (Lipinski definition) is 0. The van der Waals surface area contributed by atoms with E-state index in [2.05, 4.69) is 148 Å². The van der Waals surface area contributed by atoms with Crippen molar-refractivity contribution in [3.8, 4) is 44.6 Å². The molecule has 244 valence electrons. The van der Waals surface area contributed by atoms with Crippen LogP contribution in [-0.4, -0.2) is 15.0 Å². The predicted molar refractivity (Wildman–Crippen MR) is 220 cm³/mol. The van der Waals surface area contributed by atoms with E-state index in [4.69, 9.17) is 15.0 Å². The molecule has 0 saturated heterocycles. The van der Waals surface area contributed by atoms with Crippen LogP contribution in [0.2, 0.25) is 0 Å². The van der Waals surface area contributed by atoms with E-state index < -0.39 is 0 Å². The quantitative estimate of drug-likeness (QED) is 0.184. The Labute approximate surface area is 305 Å². The van der Waals surface area contributed by atoms with Crippen molar-refractivity contribution in [2.75, 3.05) is 0 Å². The van der Waals surface area contributed by atoms with E-state index in [1.54, 1.807) is 22.7 Å². The Bertz CT molecular complexity index is 2640. The molecule has 7 aromatic rings. The molecule has 5 heteroatoms. The second kappa shape index (κ2) is 12.9. The molecule has 0 unspecified atom stereocenters. The molecule has 0 N–H and O–H groups in total. The maximum Gasteiger partial charge on any atom is 0.0746 e. The van der Waals surface area contributed by atoms with Crippen molar-refractivity contribution in [1.29, 1.82) is 0 Å². The third-order valence-electron chi connectivity index (χ3n) is 9.44. The second-order valence-corrected chi connectivity index (χ2v) is 15.2. The van der Waals surface area contributed by atoms with Gasteiger partial charge in [0.15, 0.2) is 0 Å². The van der Waals surface area contributed by atoms with E-state index in [1.165, 1.54) is 16.7 Å². The van der Waals surface area contributed by atoms with Crippen LogP contribution in [0.1, 0.15) is 39.5 Å². The molecule has 0 spiro atoms. The van der Waals surface area contributed by atoms with Gasteiger partial charge in [0.1, 0.15) is 0 Å². The number of aromatic nitrogens is 3. The third-order valence-corrected chi connectivity index (χ3v) is 11.7. The summed E-state index contributed by atoms with van der Waals surface area (Å²) < 4.78 is 4.58. The van der Waals surface area contributed by atoms with E-state index >= 15 is 0 Å². The van der Waals surface area contributed by atoms with Crippen molar-refractivity contribution in [2.45, 2.75) is 20.8 Å². The minimum absolute atomic E-state index is 0.898. The molecule has 4 aromatic heterocycles. The summed E-state index contributed by atoms with van der Waals surface area (Å²) in [5.41, 5.74) is 16.2. The molecule has 2 aliphatic heterocycles. The molecule has 3 nitrogen and oxygen atoms in total. The van der Waals surface area contributed by atoms with Crippen LogP contribution in [0.25, 0.3) is 87.7 Å². The van der Waals surface area contributed by atoms with E-state index in [0.29, 0.717) is 0 Å². The van der Waals surface area contributed by atoms with Crippen LogP contribution < -0.4 is 0 Å². The average Bonchev–Trinajstić information content (AvgIpc) is 3.99. The van der Waals surface area contributed by atoms with Gasteiger partial charge >= 0.3 is 0 Å². The first-order chi connectivity index (χ1) is 25.0. The SMILES string of the molecule is Cc1ccc(-c2c3nc(c(-c4ccc(C)cc4)c4ccc(s4)c(-c4ccccn4)c4nc(c(-c5ccc(C)cc5)c5ccc2s5)C=C4)C=C3)cc1. The Kier molecular flexibility index (Phi) is 7.87. The highest BCUT2D eigenvalue weighted by Gasteiger charge is 2.19. The Morgan fingerprint density at radius 2 is 0.725 bits per heavy atom. The highest BCUT2D eigenvalue weighted by molar-refractivity contribution is 7.24. The first kappa shape index (κ1) is 31.2. The molecule has 3 aromatic carbocycles. The van der Waals surface area contributed by atoms with Gasteiger partial charge in [-0.05, 0) is 98.2 Å². The highest BCUT2D eigenvalue weighted by atomic mass is 32.1. The highest BCUT2D eigenvalue weighted by Crippen LogP contribution is 2.42. The minimum atomic E-state index is 0.898. The summed E-state index contributed by atoms with van der Waals surface area (Å²) in [6.07, 6.45) is 10.5. The van der Waals surface area contributed by atoms with Gasteiger partial charge in [-0.2, -0.15) is 0 Å². The number of rotatable bonds is 4. The molecule has 8 bridgehead atoms. The van der Waals surface area contributed by atoms with E-state index in [9.17, 15) is 0 Å². The maximum atomic E-state index is 5.44. The number of nitrogens with zero attached hydrogens (tertiary/aromatic N) is 3. The van der Waals surface area contributed by atoms with Gasteiger partial charge in [0, 0.05) is 47.3 Å². The van der Waals surface area contributed by atoms with Crippen LogP contribution in [0.3, 0.4) is 0 Å². The van der Waals surface area contributed by atoms with Crippen LogP contribution >= 0.6 is 22.7 Å². The van der Waals surface area contributed by atoms with Crippen LogP contribution in [0.15, 0.2) is 121 Å². The topological polar surface area (TPSA) is 38.7 Å². The van der Waals surface area contributed by atoms with Gasteiger partial charge in [0.05, 0.1) is 28.5 Å². The molecular formula is C46H33N3S2. The first-order valence-corrected chi connectivity index (χ1v) is 18.7. The van der Waals surface area contributed by atoms with Crippen LogP contribution in [0.4, 0.5) is 0 Å². The fourth-order valence-corrected chi connectivity index (χ4v) is 9.10. The summed E-state index contributed by atoms with van der Waals surface area (Å²) in [7, 11) is 0. The molecule has 0 saturated carbocycles. The van der Waals surface area contributed by atoms with Gasteiger partial charge < -0.3 is 0 Å². The van der Waals surface area contributed by atoms with Gasteiger partial charge in [-0.15, -0.1) is 22.7 Å². The molecule has 0 fully saturated rings. The smallest absolute Gasteiger partial charge is 0.0746 e. The molecule has 0 amide bonds. The zero-order chi connectivity index (χ0) is 34.5. The van der Waals surface area contributed by atoms with Gasteiger partial charge in [0.25, 0.3) is 0 Å². The van der Waals surface area contributed by atoms with Gasteiger partial charge in [-0.25, -0.2) is 9.97 Å². The number of pyridine rings is 1. The van der Waals surface area contributed by atoms with Crippen molar-refractivity contribution < 1.29 is 0 Å². The van der Waals surface area contributed by atoms with Gasteiger partial charge in [-0.3, -0.25) is 4.98 Å². The lowest BCUT2D eigenvalue weighted by Gasteiger charge is -2.06. The Hall–Kier alpha value is -5.75. The second-order valence-electron chi connectivity index (χ2n) is 13.1. The average molecular weight is 692 g/mol. The van der Waals surface area contributed by atoms with Crippen LogP contribution in [0.5, 0.6) is 0 Å². The van der Waals surface area contributed by atoms with Crippen LogP contribution in [0, 0.1) is 20.8 Å². The standard InChI is InChI=1S/C46H33N3S2/c1-28-7-13-31(14-8-28)43-35-19-20-36(48-35)44(32-15-9-29(2)10-16-32)41-25-26-42(51-41)46(34-6-4-5-27-47-34)38-22-21-37(49-38)45(40-24-23-39(43)50-40)33-17-11-30(3)12-18-33/h4-27H,1-3H3. The van der Waals surface area contributed by atoms with Crippen LogP contribution in [-0.2, 0) is 0 Å². The number of aryl methyl sites for hydroxylation is 3. The molecule has 2 aliphatic rings. The first-order valence-electron chi connectivity index (χ1n) is 17.1. The summed E-state index contributed by atoms with van der Waals surface area (Å²) in [4.78, 5) is 15.7. The van der Waals surface area contributed by atoms with Crippen molar-refractivity contribution >= 4 is 65.8 Å². The molecular weight excluding hydrogens is 659 g/mol. The summed E-state index contributed by atoms with van der Waals surface area (Å²) in [6.45, 7) is 6.39. The fourth-order valence-electron chi connectivity index (χ4n) is 6.80. The summed E-state index contributed by atoms with van der Waals surface area (Å²) in [6, 6.07) is 41.4. The molecule has 9 rings (SSSR count). The van der Waals surface area contributed by atoms with Gasteiger partial charge in [0.2, 0.25) is 0 Å². The molecule has 0 atom stereocenters. The number of benzene rings is 3. The molecule has 51 heavy (non-hydrogen) atoms. The van der Waals surface area contributed by atoms with Gasteiger partial charge in [-0.1, -0.05) is 95.6 Å². The molecule has 6 heterocycles. The summed E-state index contributed by atoms with van der Waals surface area (Å²) in [5, 5.41) is 0. The number of hydrogen-bond acceptors (Lipinski definition) is 5. The molecule has 0 aliphatic carbocycles. The maximum absolute atomic E-state index is 5.44. The fraction of sp³-hybridized carbons (Fsp3) is 0.0652. The van der Waals surface area contributed by atoms with Crippen molar-refractivity contribution in [3.63, 3.8) is 0 Å². The summed E-state index contributed by atoms with van der Waals surface area (Å²) >= 11 is 3.56. The van der Waals surface area contributed by atoms with E-state index in [1.807, 2.05) is 18.3 Å². The lowest BCUT2D eigenvalue weighted by Crippen LogP contribution is -1.88. The summed E-state index contributed by atoms with van der Waals surface area (Å²) in [5.74, 6) is 0. The Balaban J connectivity index is 1.47. The lowest BCUT2D eigenvalue weighted by molar-refractivity contribution is 1.29. The largest absolute Gasteiger partial charge is 0.256 e. The predicted octanol–water partition coefficient (Wildman–Crippen LogP) is 13.1. The lowest BCUT2D eigenvalue weighted by atomic mass is 10.0.